The zero-order valence-corrected chi connectivity index (χ0v) is 19.7. The highest BCUT2D eigenvalue weighted by atomic mass is 16.2. The summed E-state index contributed by atoms with van der Waals surface area (Å²) in [5, 5.41) is 5.88. The van der Waals surface area contributed by atoms with E-state index in [1.807, 2.05) is 60.7 Å². The molecule has 0 saturated heterocycles. The number of aromatic nitrogens is 2. The van der Waals surface area contributed by atoms with Gasteiger partial charge in [0.1, 0.15) is 11.2 Å². The molecule has 0 bridgehead atoms. The lowest BCUT2D eigenvalue weighted by atomic mass is 9.93. The highest BCUT2D eigenvalue weighted by Gasteiger charge is 2.53. The van der Waals surface area contributed by atoms with Crippen LogP contribution in [0.1, 0.15) is 51.9 Å². The average Bonchev–Trinajstić information content (AvgIpc) is 3.61. The molecule has 2 aromatic carbocycles. The van der Waals surface area contributed by atoms with E-state index in [9.17, 15) is 14.4 Å². The Morgan fingerprint density at radius 1 is 1.00 bits per heavy atom. The fourth-order valence-corrected chi connectivity index (χ4v) is 4.74. The van der Waals surface area contributed by atoms with Crippen molar-refractivity contribution in [1.82, 2.24) is 25.1 Å². The topological polar surface area (TPSA) is 96.3 Å². The number of carbonyl (C=O) groups is 3. The second-order valence-corrected chi connectivity index (χ2v) is 9.41. The minimum absolute atomic E-state index is 0.00684. The molecule has 2 aliphatic rings. The Bertz CT molecular complexity index is 1240. The fraction of sp³-hybridized carbons (Fsp3) is 0.333. The van der Waals surface area contributed by atoms with Gasteiger partial charge in [0.25, 0.3) is 11.8 Å². The molecule has 3 amide bonds. The minimum atomic E-state index is -1.07. The van der Waals surface area contributed by atoms with E-state index in [-0.39, 0.29) is 41.7 Å². The maximum atomic E-state index is 13.7. The molecule has 8 nitrogen and oxygen atoms in total. The first-order valence-corrected chi connectivity index (χ1v) is 12.0. The van der Waals surface area contributed by atoms with Crippen molar-refractivity contribution < 1.29 is 14.4 Å². The lowest BCUT2D eigenvalue weighted by Crippen LogP contribution is -2.64. The molecule has 35 heavy (non-hydrogen) atoms. The predicted molar refractivity (Wildman–Crippen MR) is 131 cm³/mol. The third-order valence-corrected chi connectivity index (χ3v) is 6.72. The van der Waals surface area contributed by atoms with Gasteiger partial charge in [0.05, 0.1) is 12.9 Å². The number of nitrogens with one attached hydrogen (secondary N) is 2. The maximum Gasteiger partial charge on any atom is 0.274 e. The molecule has 2 heterocycles. The van der Waals surface area contributed by atoms with Crippen LogP contribution in [0, 0.1) is 0 Å². The Kier molecular flexibility index (Phi) is 6.11. The maximum absolute atomic E-state index is 13.7. The first-order valence-electron chi connectivity index (χ1n) is 12.0. The molecule has 180 valence electrons. The zero-order valence-electron chi connectivity index (χ0n) is 19.7. The van der Waals surface area contributed by atoms with Crippen molar-refractivity contribution in [2.45, 2.75) is 50.9 Å². The fourth-order valence-electron chi connectivity index (χ4n) is 4.74. The molecule has 1 aliphatic carbocycles. The van der Waals surface area contributed by atoms with Gasteiger partial charge in [-0.1, -0.05) is 60.7 Å². The standard InChI is InChI=1S/C27H29N5O3/c1-27(26(35)29-16-20-10-6-3-7-11-20)17-31-18-30-22(23(31)25(34)32(27)21-12-13-21)24(33)28-15-14-19-8-4-2-5-9-19/h2-11,18,21H,12-17H2,1H3,(H,28,33)(H,29,35)/t27-/m1/s1. The van der Waals surface area contributed by atoms with Gasteiger partial charge in [0, 0.05) is 19.1 Å². The van der Waals surface area contributed by atoms with Crippen LogP contribution in [0.15, 0.2) is 67.0 Å². The van der Waals surface area contributed by atoms with Crippen molar-refractivity contribution in [3.05, 3.63) is 89.5 Å². The van der Waals surface area contributed by atoms with E-state index in [0.717, 1.165) is 24.0 Å². The molecule has 1 saturated carbocycles. The third kappa shape index (κ3) is 4.56. The molecule has 1 atom stereocenters. The number of nitrogens with zero attached hydrogens (tertiary/aromatic N) is 3. The molecule has 0 spiro atoms. The lowest BCUT2D eigenvalue weighted by Gasteiger charge is -2.44. The number of hydrogen-bond acceptors (Lipinski definition) is 4. The summed E-state index contributed by atoms with van der Waals surface area (Å²) >= 11 is 0. The van der Waals surface area contributed by atoms with Crippen LogP contribution in [0.5, 0.6) is 0 Å². The van der Waals surface area contributed by atoms with Crippen LogP contribution < -0.4 is 10.6 Å². The van der Waals surface area contributed by atoms with Crippen LogP contribution in [-0.2, 0) is 24.3 Å². The summed E-state index contributed by atoms with van der Waals surface area (Å²) in [6.07, 6.45) is 3.87. The molecular weight excluding hydrogens is 442 g/mol. The predicted octanol–water partition coefficient (Wildman–Crippen LogP) is 2.55. The first kappa shape index (κ1) is 22.8. The number of hydrogen-bond donors (Lipinski definition) is 2. The van der Waals surface area contributed by atoms with Crippen molar-refractivity contribution >= 4 is 17.7 Å². The summed E-state index contributed by atoms with van der Waals surface area (Å²) in [5.41, 5.74) is 1.40. The van der Waals surface area contributed by atoms with E-state index in [4.69, 9.17) is 0 Å². The highest BCUT2D eigenvalue weighted by Crippen LogP contribution is 2.38. The molecule has 0 radical (unpaired) electrons. The van der Waals surface area contributed by atoms with Crippen molar-refractivity contribution in [2.24, 2.45) is 0 Å². The SMILES string of the molecule is C[C@]1(C(=O)NCc2ccccc2)Cn2cnc(C(=O)NCCc3ccccc3)c2C(=O)N1C1CC1. The summed E-state index contributed by atoms with van der Waals surface area (Å²) < 4.78 is 1.65. The van der Waals surface area contributed by atoms with Gasteiger partial charge in [-0.05, 0) is 37.3 Å². The Balaban J connectivity index is 1.33. The number of fused-ring (bicyclic) bond motifs is 1. The Labute approximate surface area is 204 Å². The van der Waals surface area contributed by atoms with Gasteiger partial charge >= 0.3 is 0 Å². The molecular formula is C27H29N5O3. The van der Waals surface area contributed by atoms with Gasteiger partial charge in [0.15, 0.2) is 5.69 Å². The highest BCUT2D eigenvalue weighted by molar-refractivity contribution is 6.07. The van der Waals surface area contributed by atoms with Gasteiger partial charge in [-0.3, -0.25) is 14.4 Å². The number of carbonyl (C=O) groups excluding carboxylic acids is 3. The van der Waals surface area contributed by atoms with Crippen LogP contribution in [-0.4, -0.2) is 50.3 Å². The van der Waals surface area contributed by atoms with E-state index in [0.29, 0.717) is 19.5 Å². The normalized spacial score (nSPS) is 19.2. The van der Waals surface area contributed by atoms with E-state index in [1.54, 1.807) is 16.4 Å². The second kappa shape index (κ2) is 9.37. The smallest absolute Gasteiger partial charge is 0.274 e. The molecule has 1 aliphatic heterocycles. The molecule has 0 unspecified atom stereocenters. The quantitative estimate of drug-likeness (QED) is 0.528. The van der Waals surface area contributed by atoms with Crippen molar-refractivity contribution in [2.75, 3.05) is 6.54 Å². The van der Waals surface area contributed by atoms with Crippen LogP contribution in [0.2, 0.25) is 0 Å². The minimum Gasteiger partial charge on any atom is -0.350 e. The van der Waals surface area contributed by atoms with Crippen LogP contribution in [0.3, 0.4) is 0 Å². The summed E-state index contributed by atoms with van der Waals surface area (Å²) in [4.78, 5) is 45.9. The summed E-state index contributed by atoms with van der Waals surface area (Å²) in [5.74, 6) is -0.910. The van der Waals surface area contributed by atoms with E-state index in [1.165, 1.54) is 6.33 Å². The summed E-state index contributed by atoms with van der Waals surface area (Å²) in [7, 11) is 0. The van der Waals surface area contributed by atoms with Gasteiger partial charge in [0.2, 0.25) is 5.91 Å². The number of rotatable bonds is 8. The van der Waals surface area contributed by atoms with Gasteiger partial charge in [-0.15, -0.1) is 0 Å². The molecule has 3 aromatic rings. The van der Waals surface area contributed by atoms with E-state index < -0.39 is 5.54 Å². The zero-order chi connectivity index (χ0) is 24.4. The Morgan fingerprint density at radius 2 is 1.66 bits per heavy atom. The van der Waals surface area contributed by atoms with Gasteiger partial charge < -0.3 is 20.1 Å². The van der Waals surface area contributed by atoms with Crippen molar-refractivity contribution in [3.63, 3.8) is 0 Å². The summed E-state index contributed by atoms with van der Waals surface area (Å²) in [6.45, 7) is 2.87. The van der Waals surface area contributed by atoms with Crippen molar-refractivity contribution in [1.29, 1.82) is 0 Å². The van der Waals surface area contributed by atoms with Crippen LogP contribution >= 0.6 is 0 Å². The van der Waals surface area contributed by atoms with Crippen LogP contribution in [0.4, 0.5) is 0 Å². The summed E-state index contributed by atoms with van der Waals surface area (Å²) in [6, 6.07) is 19.5. The Hall–Kier alpha value is -3.94. The largest absolute Gasteiger partial charge is 0.350 e. The first-order chi connectivity index (χ1) is 17.0. The third-order valence-electron chi connectivity index (χ3n) is 6.72. The number of imidazole rings is 1. The lowest BCUT2D eigenvalue weighted by molar-refractivity contribution is -0.133. The monoisotopic (exact) mass is 471 g/mol. The Morgan fingerprint density at radius 3 is 2.31 bits per heavy atom. The molecule has 2 N–H and O–H groups in total. The van der Waals surface area contributed by atoms with Crippen LogP contribution in [0.25, 0.3) is 0 Å². The second-order valence-electron chi connectivity index (χ2n) is 9.41. The van der Waals surface area contributed by atoms with E-state index >= 15 is 0 Å². The van der Waals surface area contributed by atoms with Gasteiger partial charge in [-0.25, -0.2) is 4.98 Å². The molecule has 1 fully saturated rings. The average molecular weight is 472 g/mol. The van der Waals surface area contributed by atoms with Crippen molar-refractivity contribution in [3.8, 4) is 0 Å². The molecule has 8 heteroatoms. The number of benzene rings is 2. The molecule has 5 rings (SSSR count). The van der Waals surface area contributed by atoms with Gasteiger partial charge in [-0.2, -0.15) is 0 Å². The molecule has 1 aromatic heterocycles. The number of amides is 3. The van der Waals surface area contributed by atoms with E-state index in [2.05, 4.69) is 15.6 Å².